The zero-order chi connectivity index (χ0) is 12.9. The molecular weight excluding hydrogens is 220 g/mol. The summed E-state index contributed by atoms with van der Waals surface area (Å²) in [7, 11) is 2.14. The van der Waals surface area contributed by atoms with Gasteiger partial charge in [-0.05, 0) is 38.0 Å². The third kappa shape index (κ3) is 1.45. The smallest absolute Gasteiger partial charge is 0.0797 e. The molecule has 92 valence electrons. The average Bonchev–Trinajstić information content (AvgIpc) is 2.38. The molecule has 1 aliphatic heterocycles. The van der Waals surface area contributed by atoms with Crippen molar-refractivity contribution in [2.24, 2.45) is 0 Å². The van der Waals surface area contributed by atoms with E-state index in [1.165, 1.54) is 27.8 Å². The van der Waals surface area contributed by atoms with Gasteiger partial charge in [0.25, 0.3) is 0 Å². The Labute approximate surface area is 108 Å². The fraction of sp³-hybridized carbons (Fsp3) is 0.312. The van der Waals surface area contributed by atoms with Crippen LogP contribution in [-0.2, 0) is 0 Å². The van der Waals surface area contributed by atoms with Crippen LogP contribution in [0.25, 0.3) is 17.0 Å². The molecule has 0 spiro atoms. The van der Waals surface area contributed by atoms with E-state index in [2.05, 4.69) is 62.0 Å². The number of nitrogens with zero attached hydrogens (tertiary/aromatic N) is 2. The lowest BCUT2D eigenvalue weighted by Crippen LogP contribution is -2.29. The van der Waals surface area contributed by atoms with Crippen LogP contribution in [-0.4, -0.2) is 18.1 Å². The number of anilines is 1. The highest BCUT2D eigenvalue weighted by Crippen LogP contribution is 2.34. The molecule has 0 saturated carbocycles. The molecule has 18 heavy (non-hydrogen) atoms. The highest BCUT2D eigenvalue weighted by atomic mass is 15.1. The van der Waals surface area contributed by atoms with Crippen LogP contribution in [0, 0.1) is 13.8 Å². The summed E-state index contributed by atoms with van der Waals surface area (Å²) in [5.41, 5.74) is 6.22. The Kier molecular flexibility index (Phi) is 2.40. The predicted molar refractivity (Wildman–Crippen MR) is 78.1 cm³/mol. The third-order valence-corrected chi connectivity index (χ3v) is 4.11. The van der Waals surface area contributed by atoms with Crippen molar-refractivity contribution in [2.75, 3.05) is 11.9 Å². The van der Waals surface area contributed by atoms with E-state index < -0.39 is 0 Å². The van der Waals surface area contributed by atoms with Gasteiger partial charge in [0.2, 0.25) is 0 Å². The third-order valence-electron chi connectivity index (χ3n) is 4.11. The fourth-order valence-electron chi connectivity index (χ4n) is 2.57. The number of pyridine rings is 1. The molecule has 1 atom stereocenters. The van der Waals surface area contributed by atoms with E-state index >= 15 is 0 Å². The lowest BCUT2D eigenvalue weighted by molar-refractivity contribution is 0.818. The maximum absolute atomic E-state index is 4.64. The molecule has 0 fully saturated rings. The Morgan fingerprint density at radius 3 is 2.78 bits per heavy atom. The van der Waals surface area contributed by atoms with Gasteiger partial charge >= 0.3 is 0 Å². The summed E-state index contributed by atoms with van der Waals surface area (Å²) in [6.07, 6.45) is 6.42. The minimum atomic E-state index is 0.446. The number of hydrogen-bond donors (Lipinski definition) is 0. The van der Waals surface area contributed by atoms with Crippen molar-refractivity contribution in [2.45, 2.75) is 26.8 Å². The molecule has 0 radical (unpaired) electrons. The van der Waals surface area contributed by atoms with Crippen LogP contribution in [0.4, 0.5) is 5.69 Å². The van der Waals surface area contributed by atoms with Gasteiger partial charge in [-0.3, -0.25) is 4.98 Å². The topological polar surface area (TPSA) is 16.1 Å². The molecular formula is C16H18N2. The van der Waals surface area contributed by atoms with Crippen molar-refractivity contribution < 1.29 is 0 Å². The predicted octanol–water partition coefficient (Wildman–Crippen LogP) is 3.70. The Morgan fingerprint density at radius 2 is 2.00 bits per heavy atom. The second-order valence-corrected chi connectivity index (χ2v) is 5.17. The minimum Gasteiger partial charge on any atom is -0.368 e. The van der Waals surface area contributed by atoms with Crippen LogP contribution in [0.2, 0.25) is 0 Å². The normalized spacial score (nSPS) is 18.2. The zero-order valence-corrected chi connectivity index (χ0v) is 11.4. The van der Waals surface area contributed by atoms with E-state index in [0.717, 1.165) is 5.52 Å². The monoisotopic (exact) mass is 238 g/mol. The molecule has 0 bridgehead atoms. The van der Waals surface area contributed by atoms with Crippen molar-refractivity contribution in [1.82, 2.24) is 4.98 Å². The summed E-state index contributed by atoms with van der Waals surface area (Å²) in [5, 5.41) is 1.27. The van der Waals surface area contributed by atoms with E-state index in [-0.39, 0.29) is 0 Å². The highest BCUT2D eigenvalue weighted by Gasteiger charge is 2.18. The molecule has 2 heteroatoms. The second-order valence-electron chi connectivity index (χ2n) is 5.17. The SMILES string of the molecule is Cc1cnc2c3c(ccc2c1C)N(C)C(C)C=C3. The molecule has 1 unspecified atom stereocenters. The first-order valence-corrected chi connectivity index (χ1v) is 6.39. The maximum atomic E-state index is 4.64. The first-order chi connectivity index (χ1) is 8.59. The quantitative estimate of drug-likeness (QED) is 0.695. The van der Waals surface area contributed by atoms with Gasteiger partial charge in [0.15, 0.2) is 0 Å². The van der Waals surface area contributed by atoms with Crippen LogP contribution in [0.1, 0.15) is 23.6 Å². The Morgan fingerprint density at radius 1 is 1.22 bits per heavy atom. The van der Waals surface area contributed by atoms with Crippen molar-refractivity contribution in [3.05, 3.63) is 41.1 Å². The highest BCUT2D eigenvalue weighted by molar-refractivity contribution is 5.96. The first-order valence-electron chi connectivity index (χ1n) is 6.39. The van der Waals surface area contributed by atoms with E-state index in [9.17, 15) is 0 Å². The second kappa shape index (κ2) is 3.84. The van der Waals surface area contributed by atoms with E-state index in [0.29, 0.717) is 6.04 Å². The molecule has 3 rings (SSSR count). The van der Waals surface area contributed by atoms with E-state index in [4.69, 9.17) is 0 Å². The maximum Gasteiger partial charge on any atom is 0.0797 e. The van der Waals surface area contributed by atoms with E-state index in [1.54, 1.807) is 0 Å². The number of likely N-dealkylation sites (N-methyl/N-ethyl adjacent to an activating group) is 1. The molecule has 0 amide bonds. The largest absolute Gasteiger partial charge is 0.368 e. The summed E-state index contributed by atoms with van der Waals surface area (Å²) < 4.78 is 0. The van der Waals surface area contributed by atoms with Gasteiger partial charge in [-0.25, -0.2) is 0 Å². The number of fused-ring (bicyclic) bond motifs is 3. The Bertz CT molecular complexity index is 656. The number of aromatic nitrogens is 1. The summed E-state index contributed by atoms with van der Waals surface area (Å²) in [6.45, 7) is 6.49. The van der Waals surface area contributed by atoms with Gasteiger partial charge in [0.05, 0.1) is 5.52 Å². The van der Waals surface area contributed by atoms with Gasteiger partial charge in [-0.15, -0.1) is 0 Å². The number of hydrogen-bond acceptors (Lipinski definition) is 2. The van der Waals surface area contributed by atoms with Gasteiger partial charge in [0, 0.05) is 35.9 Å². The van der Waals surface area contributed by atoms with Gasteiger partial charge in [0.1, 0.15) is 0 Å². The standard InChI is InChI=1S/C16H18N2/c1-10-9-17-16-13(12(10)3)7-8-15-14(16)6-5-11(2)18(15)4/h5-9,11H,1-4H3. The number of benzene rings is 1. The van der Waals surface area contributed by atoms with Gasteiger partial charge in [-0.1, -0.05) is 18.2 Å². The van der Waals surface area contributed by atoms with Crippen molar-refractivity contribution in [3.63, 3.8) is 0 Å². The molecule has 1 aromatic carbocycles. The average molecular weight is 238 g/mol. The number of rotatable bonds is 0. The van der Waals surface area contributed by atoms with Gasteiger partial charge < -0.3 is 4.90 Å². The lowest BCUT2D eigenvalue weighted by atomic mass is 9.97. The van der Waals surface area contributed by atoms with Crippen molar-refractivity contribution in [3.8, 4) is 0 Å². The molecule has 2 nitrogen and oxygen atoms in total. The van der Waals surface area contributed by atoms with Crippen LogP contribution >= 0.6 is 0 Å². The Hall–Kier alpha value is -1.83. The molecule has 0 aliphatic carbocycles. The first kappa shape index (κ1) is 11.3. The lowest BCUT2D eigenvalue weighted by Gasteiger charge is -2.30. The Balaban J connectivity index is 2.37. The summed E-state index contributed by atoms with van der Waals surface area (Å²) in [6, 6.07) is 4.86. The molecule has 2 aromatic rings. The summed E-state index contributed by atoms with van der Waals surface area (Å²) >= 11 is 0. The molecule has 1 aliphatic rings. The van der Waals surface area contributed by atoms with Gasteiger partial charge in [-0.2, -0.15) is 0 Å². The van der Waals surface area contributed by atoms with Crippen LogP contribution < -0.4 is 4.90 Å². The fourth-order valence-corrected chi connectivity index (χ4v) is 2.57. The van der Waals surface area contributed by atoms with Crippen LogP contribution in [0.15, 0.2) is 24.4 Å². The minimum absolute atomic E-state index is 0.446. The molecule has 2 heterocycles. The van der Waals surface area contributed by atoms with Crippen LogP contribution in [0.5, 0.6) is 0 Å². The molecule has 0 N–H and O–H groups in total. The van der Waals surface area contributed by atoms with E-state index in [1.807, 2.05) is 6.20 Å². The molecule has 1 aromatic heterocycles. The van der Waals surface area contributed by atoms with Crippen LogP contribution in [0.3, 0.4) is 0 Å². The van der Waals surface area contributed by atoms with Crippen molar-refractivity contribution in [1.29, 1.82) is 0 Å². The zero-order valence-electron chi connectivity index (χ0n) is 11.4. The van der Waals surface area contributed by atoms with Crippen molar-refractivity contribution >= 4 is 22.7 Å². The molecule has 0 saturated heterocycles. The number of aryl methyl sites for hydroxylation is 2. The summed E-state index contributed by atoms with van der Waals surface area (Å²) in [4.78, 5) is 6.93. The summed E-state index contributed by atoms with van der Waals surface area (Å²) in [5.74, 6) is 0.